The van der Waals surface area contributed by atoms with Crippen LogP contribution < -0.4 is 0 Å². The van der Waals surface area contributed by atoms with Gasteiger partial charge in [-0.25, -0.2) is 9.78 Å². The summed E-state index contributed by atoms with van der Waals surface area (Å²) in [6, 6.07) is 5.91. The van der Waals surface area contributed by atoms with Gasteiger partial charge in [-0.3, -0.25) is 19.3 Å². The Hall–Kier alpha value is -3.07. The third-order valence-corrected chi connectivity index (χ3v) is 4.77. The predicted octanol–water partition coefficient (Wildman–Crippen LogP) is 3.27. The zero-order valence-corrected chi connectivity index (χ0v) is 14.2. The van der Waals surface area contributed by atoms with E-state index in [1.807, 2.05) is 0 Å². The van der Waals surface area contributed by atoms with Crippen LogP contribution in [0.3, 0.4) is 0 Å². The van der Waals surface area contributed by atoms with E-state index < -0.39 is 10.9 Å². The number of benzene rings is 1. The minimum atomic E-state index is -0.507. The number of thiazole rings is 1. The molecule has 0 saturated carbocycles. The molecule has 0 saturated heterocycles. The highest BCUT2D eigenvalue weighted by molar-refractivity contribution is 7.19. The van der Waals surface area contributed by atoms with E-state index >= 15 is 0 Å². The van der Waals surface area contributed by atoms with Gasteiger partial charge in [-0.1, -0.05) is 23.5 Å². The van der Waals surface area contributed by atoms with Crippen molar-refractivity contribution in [2.24, 2.45) is 0 Å². The van der Waals surface area contributed by atoms with E-state index in [-0.39, 0.29) is 18.0 Å². The quantitative estimate of drug-likeness (QED) is 0.300. The van der Waals surface area contributed by atoms with Crippen molar-refractivity contribution in [1.29, 1.82) is 0 Å². The number of esters is 1. The molecular weight excluding hydrogens is 346 g/mol. The molecule has 0 fully saturated rings. The standard InChI is InChI=1S/C16H13N3O5S/c1-3-24-15(21)14-9(2)18-12(8-20)13(17-16(18)25-14)10-5-4-6-11(7-10)19(22)23/h4-8H,3H2,1-2H3. The molecule has 0 radical (unpaired) electrons. The second kappa shape index (κ2) is 6.44. The Bertz CT molecular complexity index is 1000. The van der Waals surface area contributed by atoms with Crippen molar-refractivity contribution in [2.75, 3.05) is 6.61 Å². The number of aldehydes is 1. The van der Waals surface area contributed by atoms with E-state index in [1.165, 1.54) is 18.2 Å². The molecule has 128 valence electrons. The lowest BCUT2D eigenvalue weighted by molar-refractivity contribution is -0.384. The van der Waals surface area contributed by atoms with E-state index in [4.69, 9.17) is 4.74 Å². The van der Waals surface area contributed by atoms with Crippen LogP contribution in [0, 0.1) is 17.0 Å². The Morgan fingerprint density at radius 1 is 1.48 bits per heavy atom. The molecule has 0 N–H and O–H groups in total. The number of hydrogen-bond acceptors (Lipinski definition) is 7. The van der Waals surface area contributed by atoms with Crippen LogP contribution in [0.15, 0.2) is 24.3 Å². The molecule has 9 heteroatoms. The van der Waals surface area contributed by atoms with Gasteiger partial charge in [-0.15, -0.1) is 0 Å². The van der Waals surface area contributed by atoms with Crippen molar-refractivity contribution < 1.29 is 19.2 Å². The van der Waals surface area contributed by atoms with Gasteiger partial charge in [0.1, 0.15) is 16.3 Å². The molecule has 8 nitrogen and oxygen atoms in total. The summed E-state index contributed by atoms with van der Waals surface area (Å²) in [6.07, 6.45) is 0.628. The zero-order chi connectivity index (χ0) is 18.1. The summed E-state index contributed by atoms with van der Waals surface area (Å²) in [4.78, 5) is 39.3. The first-order valence-electron chi connectivity index (χ1n) is 7.36. The van der Waals surface area contributed by atoms with Crippen LogP contribution in [-0.4, -0.2) is 33.2 Å². The van der Waals surface area contributed by atoms with Gasteiger partial charge in [-0.2, -0.15) is 0 Å². The van der Waals surface area contributed by atoms with E-state index in [0.717, 1.165) is 11.3 Å². The molecule has 0 aliphatic carbocycles. The number of nitro groups is 1. The number of fused-ring (bicyclic) bond motifs is 1. The van der Waals surface area contributed by atoms with Gasteiger partial charge in [0.15, 0.2) is 11.2 Å². The predicted molar refractivity (Wildman–Crippen MR) is 91.2 cm³/mol. The molecule has 1 aromatic carbocycles. The number of hydrogen-bond donors (Lipinski definition) is 0. The average Bonchev–Trinajstić information content (AvgIpc) is 3.12. The summed E-state index contributed by atoms with van der Waals surface area (Å²) in [6.45, 7) is 3.66. The molecule has 0 aliphatic heterocycles. The first-order chi connectivity index (χ1) is 12.0. The third kappa shape index (κ3) is 2.78. The van der Waals surface area contributed by atoms with Gasteiger partial charge >= 0.3 is 5.97 Å². The fraction of sp³-hybridized carbons (Fsp3) is 0.188. The second-order valence-corrected chi connectivity index (χ2v) is 6.10. The number of rotatable bonds is 5. The fourth-order valence-corrected chi connectivity index (χ4v) is 3.57. The van der Waals surface area contributed by atoms with Crippen LogP contribution >= 0.6 is 11.3 Å². The molecule has 3 rings (SSSR count). The van der Waals surface area contributed by atoms with Gasteiger partial charge in [0, 0.05) is 23.4 Å². The molecule has 2 aromatic heterocycles. The van der Waals surface area contributed by atoms with Gasteiger partial charge in [-0.05, 0) is 13.8 Å². The van der Waals surface area contributed by atoms with Crippen molar-refractivity contribution in [3.8, 4) is 11.3 Å². The average molecular weight is 359 g/mol. The number of carbonyl (C=O) groups is 2. The van der Waals surface area contributed by atoms with Crippen molar-refractivity contribution in [2.45, 2.75) is 13.8 Å². The number of carbonyl (C=O) groups excluding carboxylic acids is 2. The summed E-state index contributed by atoms with van der Waals surface area (Å²) >= 11 is 1.11. The maximum Gasteiger partial charge on any atom is 0.350 e. The summed E-state index contributed by atoms with van der Waals surface area (Å²) in [5.74, 6) is -0.468. The molecule has 0 spiro atoms. The van der Waals surface area contributed by atoms with E-state index in [1.54, 1.807) is 24.3 Å². The number of aromatic nitrogens is 2. The summed E-state index contributed by atoms with van der Waals surface area (Å²) in [5, 5.41) is 11.0. The molecule has 0 atom stereocenters. The minimum Gasteiger partial charge on any atom is -0.462 e. The third-order valence-electron chi connectivity index (χ3n) is 3.64. The van der Waals surface area contributed by atoms with Crippen LogP contribution in [0.1, 0.15) is 32.8 Å². The second-order valence-electron chi connectivity index (χ2n) is 5.13. The minimum absolute atomic E-state index is 0.0883. The first kappa shape index (κ1) is 16.8. The van der Waals surface area contributed by atoms with Crippen LogP contribution in [-0.2, 0) is 4.74 Å². The summed E-state index contributed by atoms with van der Waals surface area (Å²) in [5.41, 5.74) is 1.49. The highest BCUT2D eigenvalue weighted by Crippen LogP contribution is 2.32. The molecule has 0 bridgehead atoms. The Morgan fingerprint density at radius 2 is 2.24 bits per heavy atom. The van der Waals surface area contributed by atoms with Crippen LogP contribution in [0.2, 0.25) is 0 Å². The Balaban J connectivity index is 2.18. The maximum absolute atomic E-state index is 12.0. The number of imidazole rings is 1. The van der Waals surface area contributed by atoms with Crippen molar-refractivity contribution in [1.82, 2.24) is 9.38 Å². The SMILES string of the molecule is CCOC(=O)c1sc2nc(-c3cccc([N+](=O)[O-])c3)c(C=O)n2c1C. The number of non-ortho nitro benzene ring substituents is 1. The number of nitro benzene ring substituents is 1. The molecule has 0 aliphatic rings. The Kier molecular flexibility index (Phi) is 4.32. The van der Waals surface area contributed by atoms with Gasteiger partial charge in [0.2, 0.25) is 0 Å². The van der Waals surface area contributed by atoms with Crippen molar-refractivity contribution in [3.05, 3.63) is 50.6 Å². The van der Waals surface area contributed by atoms with Gasteiger partial charge in [0.05, 0.1) is 11.5 Å². The molecule has 2 heterocycles. The van der Waals surface area contributed by atoms with Crippen LogP contribution in [0.5, 0.6) is 0 Å². The lowest BCUT2D eigenvalue weighted by atomic mass is 10.1. The highest BCUT2D eigenvalue weighted by Gasteiger charge is 2.23. The highest BCUT2D eigenvalue weighted by atomic mass is 32.1. The largest absolute Gasteiger partial charge is 0.462 e. The molecule has 0 unspecified atom stereocenters. The van der Waals surface area contributed by atoms with Crippen LogP contribution in [0.25, 0.3) is 16.2 Å². The smallest absolute Gasteiger partial charge is 0.350 e. The Labute approximate surface area is 145 Å². The number of ether oxygens (including phenoxy) is 1. The monoisotopic (exact) mass is 359 g/mol. The number of aryl methyl sites for hydroxylation is 1. The van der Waals surface area contributed by atoms with Gasteiger partial charge in [0.25, 0.3) is 5.69 Å². The van der Waals surface area contributed by atoms with E-state index in [0.29, 0.717) is 33.1 Å². The van der Waals surface area contributed by atoms with Crippen molar-refractivity contribution in [3.63, 3.8) is 0 Å². The van der Waals surface area contributed by atoms with E-state index in [9.17, 15) is 19.7 Å². The van der Waals surface area contributed by atoms with E-state index in [2.05, 4.69) is 4.98 Å². The normalized spacial score (nSPS) is 10.8. The maximum atomic E-state index is 12.0. The summed E-state index contributed by atoms with van der Waals surface area (Å²) < 4.78 is 6.57. The molecule has 25 heavy (non-hydrogen) atoms. The fourth-order valence-electron chi connectivity index (χ4n) is 2.54. The molecule has 0 amide bonds. The lowest BCUT2D eigenvalue weighted by Crippen LogP contribution is -2.05. The van der Waals surface area contributed by atoms with Gasteiger partial charge < -0.3 is 4.74 Å². The van der Waals surface area contributed by atoms with Crippen LogP contribution in [0.4, 0.5) is 5.69 Å². The molecule has 3 aromatic rings. The topological polar surface area (TPSA) is 104 Å². The van der Waals surface area contributed by atoms with Crippen molar-refractivity contribution >= 4 is 34.2 Å². The molecular formula is C16H13N3O5S. The Morgan fingerprint density at radius 3 is 2.88 bits per heavy atom. The number of nitrogens with zero attached hydrogens (tertiary/aromatic N) is 3. The zero-order valence-electron chi connectivity index (χ0n) is 13.4. The first-order valence-corrected chi connectivity index (χ1v) is 8.18. The summed E-state index contributed by atoms with van der Waals surface area (Å²) in [7, 11) is 0. The lowest BCUT2D eigenvalue weighted by Gasteiger charge is -2.02.